The summed E-state index contributed by atoms with van der Waals surface area (Å²) in [6.45, 7) is 0. The highest BCUT2D eigenvalue weighted by Crippen LogP contribution is 2.48. The molecule has 1 aromatic carbocycles. The van der Waals surface area contributed by atoms with E-state index < -0.39 is 13.8 Å². The fraction of sp³-hybridized carbons (Fsp3) is 0.455. The van der Waals surface area contributed by atoms with Gasteiger partial charge < -0.3 is 4.74 Å². The van der Waals surface area contributed by atoms with Gasteiger partial charge in [0.15, 0.2) is 0 Å². The lowest BCUT2D eigenvalue weighted by Crippen LogP contribution is -2.20. The molecule has 1 aliphatic carbocycles. The molecule has 5 heteroatoms. The van der Waals surface area contributed by atoms with Crippen molar-refractivity contribution in [3.8, 4) is 5.75 Å². The number of hydrogen-bond donors (Lipinski definition) is 0. The summed E-state index contributed by atoms with van der Waals surface area (Å²) in [6, 6.07) is 7.43. The van der Waals surface area contributed by atoms with E-state index in [1.165, 1.54) is 0 Å². The van der Waals surface area contributed by atoms with Crippen LogP contribution in [0, 0.1) is 0 Å². The van der Waals surface area contributed by atoms with Gasteiger partial charge in [-0.15, -0.1) is 0 Å². The van der Waals surface area contributed by atoms with E-state index >= 15 is 0 Å². The Balaban J connectivity index is 2.22. The normalized spacial score (nSPS) is 18.1. The predicted octanol–water partition coefficient (Wildman–Crippen LogP) is 2.34. The lowest BCUT2D eigenvalue weighted by Gasteiger charge is -2.11. The van der Waals surface area contributed by atoms with Gasteiger partial charge in [0.25, 0.3) is 0 Å². The molecular formula is C11H13ClO3S. The Kier molecular flexibility index (Phi) is 2.88. The van der Waals surface area contributed by atoms with Gasteiger partial charge in [-0.25, -0.2) is 8.42 Å². The van der Waals surface area contributed by atoms with Crippen LogP contribution in [0.4, 0.5) is 0 Å². The minimum atomic E-state index is -3.48. The Morgan fingerprint density at radius 2 is 2.12 bits per heavy atom. The highest BCUT2D eigenvalue weighted by atomic mass is 35.7. The Morgan fingerprint density at radius 3 is 2.62 bits per heavy atom. The quantitative estimate of drug-likeness (QED) is 0.781. The summed E-state index contributed by atoms with van der Waals surface area (Å²) < 4.78 is 27.2. The van der Waals surface area contributed by atoms with Gasteiger partial charge in [-0.1, -0.05) is 12.1 Å². The van der Waals surface area contributed by atoms with Crippen LogP contribution in [-0.4, -0.2) is 20.3 Å². The van der Waals surface area contributed by atoms with Gasteiger partial charge in [-0.2, -0.15) is 0 Å². The van der Waals surface area contributed by atoms with E-state index in [-0.39, 0.29) is 0 Å². The maximum Gasteiger partial charge on any atom is 0.238 e. The monoisotopic (exact) mass is 260 g/mol. The van der Waals surface area contributed by atoms with Crippen molar-refractivity contribution in [3.05, 3.63) is 29.8 Å². The van der Waals surface area contributed by atoms with Crippen molar-refractivity contribution in [2.45, 2.75) is 24.0 Å². The first-order valence-corrected chi connectivity index (χ1v) is 7.35. The average Bonchev–Trinajstić information content (AvgIpc) is 2.98. The van der Waals surface area contributed by atoms with Crippen LogP contribution in [0.2, 0.25) is 0 Å². The highest BCUT2D eigenvalue weighted by Gasteiger charge is 2.53. The summed E-state index contributed by atoms with van der Waals surface area (Å²) in [6.07, 6.45) is 1.77. The van der Waals surface area contributed by atoms with Crippen LogP contribution in [0.25, 0.3) is 0 Å². The summed E-state index contributed by atoms with van der Waals surface area (Å²) >= 11 is 0. The second kappa shape index (κ2) is 3.93. The minimum absolute atomic E-state index is 0.468. The van der Waals surface area contributed by atoms with Crippen molar-refractivity contribution in [1.29, 1.82) is 0 Å². The van der Waals surface area contributed by atoms with Gasteiger partial charge in [0.1, 0.15) is 5.75 Å². The lowest BCUT2D eigenvalue weighted by atomic mass is 10.1. The van der Waals surface area contributed by atoms with E-state index in [4.69, 9.17) is 15.4 Å². The van der Waals surface area contributed by atoms with Gasteiger partial charge in [-0.05, 0) is 37.0 Å². The fourth-order valence-corrected chi connectivity index (χ4v) is 3.36. The van der Waals surface area contributed by atoms with E-state index in [0.717, 1.165) is 11.3 Å². The van der Waals surface area contributed by atoms with Crippen LogP contribution in [0.3, 0.4) is 0 Å². The van der Waals surface area contributed by atoms with Gasteiger partial charge in [-0.3, -0.25) is 0 Å². The van der Waals surface area contributed by atoms with E-state index in [1.54, 1.807) is 7.11 Å². The predicted molar refractivity (Wildman–Crippen MR) is 63.4 cm³/mol. The zero-order chi connectivity index (χ0) is 11.8. The van der Waals surface area contributed by atoms with Gasteiger partial charge >= 0.3 is 0 Å². The van der Waals surface area contributed by atoms with E-state index in [2.05, 4.69) is 0 Å². The molecule has 0 bridgehead atoms. The summed E-state index contributed by atoms with van der Waals surface area (Å²) in [5, 5.41) is 0. The number of halogens is 1. The molecule has 1 aromatic rings. The largest absolute Gasteiger partial charge is 0.497 e. The van der Waals surface area contributed by atoms with Gasteiger partial charge in [0, 0.05) is 10.7 Å². The molecule has 88 valence electrons. The first-order valence-electron chi connectivity index (χ1n) is 5.04. The van der Waals surface area contributed by atoms with E-state index in [1.807, 2.05) is 24.3 Å². The molecular weight excluding hydrogens is 248 g/mol. The van der Waals surface area contributed by atoms with E-state index in [9.17, 15) is 8.42 Å². The van der Waals surface area contributed by atoms with Gasteiger partial charge in [0.2, 0.25) is 9.05 Å². The molecule has 0 unspecified atom stereocenters. The standard InChI is InChI=1S/C11H13ClO3S/c1-15-10-4-2-3-9(7-10)8-11(5-6-11)16(12,13)14/h2-4,7H,5-6,8H2,1H3. The van der Waals surface area contributed by atoms with Gasteiger partial charge in [0.05, 0.1) is 11.9 Å². The van der Waals surface area contributed by atoms with Crippen molar-refractivity contribution in [2.75, 3.05) is 7.11 Å². The molecule has 0 atom stereocenters. The molecule has 0 amide bonds. The van der Waals surface area contributed by atoms with Crippen molar-refractivity contribution >= 4 is 19.7 Å². The molecule has 0 saturated heterocycles. The Bertz CT molecular complexity index is 492. The van der Waals surface area contributed by atoms with Crippen LogP contribution < -0.4 is 4.74 Å². The molecule has 0 radical (unpaired) electrons. The van der Waals surface area contributed by atoms with Crippen molar-refractivity contribution in [2.24, 2.45) is 0 Å². The molecule has 0 spiro atoms. The zero-order valence-corrected chi connectivity index (χ0v) is 10.5. The third-order valence-electron chi connectivity index (χ3n) is 2.99. The zero-order valence-electron chi connectivity index (χ0n) is 8.94. The van der Waals surface area contributed by atoms with Crippen LogP contribution in [-0.2, 0) is 15.5 Å². The highest BCUT2D eigenvalue weighted by molar-refractivity contribution is 8.15. The number of benzene rings is 1. The second-order valence-electron chi connectivity index (χ2n) is 4.15. The third kappa shape index (κ3) is 2.18. The number of ether oxygens (including phenoxy) is 1. The molecule has 1 fully saturated rings. The number of rotatable bonds is 4. The molecule has 0 aromatic heterocycles. The smallest absolute Gasteiger partial charge is 0.238 e. The first-order chi connectivity index (χ1) is 7.47. The van der Waals surface area contributed by atoms with Crippen molar-refractivity contribution in [1.82, 2.24) is 0 Å². The van der Waals surface area contributed by atoms with Crippen molar-refractivity contribution in [3.63, 3.8) is 0 Å². The maximum atomic E-state index is 11.4. The number of methoxy groups -OCH3 is 1. The summed E-state index contributed by atoms with van der Waals surface area (Å²) in [5.74, 6) is 0.736. The Morgan fingerprint density at radius 1 is 1.44 bits per heavy atom. The molecule has 16 heavy (non-hydrogen) atoms. The second-order valence-corrected chi connectivity index (χ2v) is 7.11. The molecule has 1 aliphatic rings. The lowest BCUT2D eigenvalue weighted by molar-refractivity contribution is 0.414. The fourth-order valence-electron chi connectivity index (χ4n) is 1.80. The summed E-state index contributed by atoms with van der Waals surface area (Å²) in [4.78, 5) is 0. The van der Waals surface area contributed by atoms with Crippen LogP contribution in [0.1, 0.15) is 18.4 Å². The molecule has 1 saturated carbocycles. The van der Waals surface area contributed by atoms with Crippen LogP contribution in [0.15, 0.2) is 24.3 Å². The van der Waals surface area contributed by atoms with E-state index in [0.29, 0.717) is 19.3 Å². The topological polar surface area (TPSA) is 43.4 Å². The van der Waals surface area contributed by atoms with Crippen LogP contribution in [0.5, 0.6) is 5.75 Å². The first kappa shape index (κ1) is 11.7. The van der Waals surface area contributed by atoms with Crippen LogP contribution >= 0.6 is 10.7 Å². The maximum absolute atomic E-state index is 11.4. The molecule has 2 rings (SSSR count). The molecule has 3 nitrogen and oxygen atoms in total. The molecule has 0 N–H and O–H groups in total. The average molecular weight is 261 g/mol. The minimum Gasteiger partial charge on any atom is -0.497 e. The number of hydrogen-bond acceptors (Lipinski definition) is 3. The summed E-state index contributed by atoms with van der Waals surface area (Å²) in [7, 11) is 3.56. The van der Waals surface area contributed by atoms with Crippen molar-refractivity contribution < 1.29 is 13.2 Å². The third-order valence-corrected chi connectivity index (χ3v) is 5.55. The molecule has 0 aliphatic heterocycles. The Hall–Kier alpha value is -0.740. The SMILES string of the molecule is COc1cccc(CC2(S(=O)(=O)Cl)CC2)c1. The Labute approximate surface area is 99.8 Å². The molecule has 0 heterocycles. The summed E-state index contributed by atoms with van der Waals surface area (Å²) in [5.41, 5.74) is 0.945.